The lowest BCUT2D eigenvalue weighted by Gasteiger charge is -2.22. The first kappa shape index (κ1) is 13.3. The van der Waals surface area contributed by atoms with Crippen LogP contribution in [0.3, 0.4) is 0 Å². The van der Waals surface area contributed by atoms with Gasteiger partial charge in [-0.3, -0.25) is 0 Å². The molecule has 0 aromatic heterocycles. The van der Waals surface area contributed by atoms with Gasteiger partial charge in [0, 0.05) is 24.5 Å². The Balaban J connectivity index is 3.16. The van der Waals surface area contributed by atoms with Crippen molar-refractivity contribution in [2.75, 3.05) is 32.6 Å². The smallest absolute Gasteiger partial charge is 0.0477 e. The summed E-state index contributed by atoms with van der Waals surface area (Å²) < 4.78 is 5.60. The first-order valence-corrected chi connectivity index (χ1v) is 6.18. The Hall–Kier alpha value is 0.270. The van der Waals surface area contributed by atoms with Gasteiger partial charge in [0.2, 0.25) is 0 Å². The summed E-state index contributed by atoms with van der Waals surface area (Å²) in [6, 6.07) is 0. The van der Waals surface area contributed by atoms with E-state index in [-0.39, 0.29) is 0 Å². The molecule has 13 heavy (non-hydrogen) atoms. The van der Waals surface area contributed by atoms with Gasteiger partial charge in [0.05, 0.1) is 0 Å². The summed E-state index contributed by atoms with van der Waals surface area (Å²) in [6.45, 7) is 10.4. The molecule has 0 atom stereocenters. The van der Waals surface area contributed by atoms with Crippen LogP contribution in [0.15, 0.2) is 0 Å². The molecule has 0 fully saturated rings. The van der Waals surface area contributed by atoms with Gasteiger partial charge in [0.15, 0.2) is 0 Å². The van der Waals surface area contributed by atoms with E-state index < -0.39 is 0 Å². The SMILES string of the molecule is CCOCCCNCC(C)(C)SC. The van der Waals surface area contributed by atoms with Crippen LogP contribution in [0.5, 0.6) is 0 Å². The zero-order valence-electron chi connectivity index (χ0n) is 9.35. The van der Waals surface area contributed by atoms with Crippen LogP contribution in [-0.4, -0.2) is 37.3 Å². The summed E-state index contributed by atoms with van der Waals surface area (Å²) in [6.07, 6.45) is 3.26. The Bertz CT molecular complexity index is 117. The maximum absolute atomic E-state index is 5.25. The second-order valence-electron chi connectivity index (χ2n) is 3.69. The zero-order valence-corrected chi connectivity index (χ0v) is 10.2. The second-order valence-corrected chi connectivity index (χ2v) is 5.20. The van der Waals surface area contributed by atoms with Crippen LogP contribution in [0, 0.1) is 0 Å². The molecule has 0 aliphatic heterocycles. The summed E-state index contributed by atoms with van der Waals surface area (Å²) >= 11 is 1.90. The van der Waals surface area contributed by atoms with Gasteiger partial charge in [0.1, 0.15) is 0 Å². The molecule has 0 aromatic carbocycles. The number of ether oxygens (including phenoxy) is 1. The zero-order chi connectivity index (χ0) is 10.2. The molecule has 0 rings (SSSR count). The lowest BCUT2D eigenvalue weighted by Crippen LogP contribution is -2.32. The molecule has 0 amide bonds. The molecule has 0 radical (unpaired) electrons. The van der Waals surface area contributed by atoms with Crippen LogP contribution in [-0.2, 0) is 4.74 Å². The van der Waals surface area contributed by atoms with E-state index in [4.69, 9.17) is 4.74 Å². The van der Waals surface area contributed by atoms with E-state index in [0.29, 0.717) is 4.75 Å². The Kier molecular flexibility index (Phi) is 7.81. The van der Waals surface area contributed by atoms with Gasteiger partial charge in [-0.2, -0.15) is 11.8 Å². The van der Waals surface area contributed by atoms with Crippen molar-refractivity contribution in [3.8, 4) is 0 Å². The van der Waals surface area contributed by atoms with Gasteiger partial charge in [-0.1, -0.05) is 0 Å². The van der Waals surface area contributed by atoms with Crippen LogP contribution < -0.4 is 5.32 Å². The molecule has 80 valence electrons. The average Bonchev–Trinajstić information content (AvgIpc) is 2.11. The van der Waals surface area contributed by atoms with E-state index in [1.165, 1.54) is 0 Å². The Morgan fingerprint density at radius 3 is 2.62 bits per heavy atom. The van der Waals surface area contributed by atoms with E-state index in [2.05, 4.69) is 25.4 Å². The monoisotopic (exact) mass is 205 g/mol. The van der Waals surface area contributed by atoms with Crippen molar-refractivity contribution in [3.05, 3.63) is 0 Å². The summed E-state index contributed by atoms with van der Waals surface area (Å²) in [4.78, 5) is 0. The van der Waals surface area contributed by atoms with Gasteiger partial charge >= 0.3 is 0 Å². The van der Waals surface area contributed by atoms with E-state index in [1.54, 1.807) is 0 Å². The molecule has 0 aliphatic carbocycles. The molecule has 0 aliphatic rings. The van der Waals surface area contributed by atoms with Crippen LogP contribution in [0.1, 0.15) is 27.2 Å². The highest BCUT2D eigenvalue weighted by molar-refractivity contribution is 7.99. The molecule has 0 bridgehead atoms. The Morgan fingerprint density at radius 2 is 2.08 bits per heavy atom. The average molecular weight is 205 g/mol. The van der Waals surface area contributed by atoms with E-state index >= 15 is 0 Å². The number of thioether (sulfide) groups is 1. The third-order valence-corrected chi connectivity index (χ3v) is 3.20. The van der Waals surface area contributed by atoms with Crippen molar-refractivity contribution in [1.29, 1.82) is 0 Å². The van der Waals surface area contributed by atoms with Crippen molar-refractivity contribution in [2.45, 2.75) is 31.9 Å². The molecule has 1 N–H and O–H groups in total. The number of hydrogen-bond donors (Lipinski definition) is 1. The fourth-order valence-electron chi connectivity index (χ4n) is 0.905. The molecule has 0 saturated carbocycles. The predicted molar refractivity (Wildman–Crippen MR) is 61.6 cm³/mol. The fourth-order valence-corrected chi connectivity index (χ4v) is 1.15. The van der Waals surface area contributed by atoms with Crippen molar-refractivity contribution in [2.24, 2.45) is 0 Å². The van der Waals surface area contributed by atoms with Crippen LogP contribution in [0.2, 0.25) is 0 Å². The van der Waals surface area contributed by atoms with Gasteiger partial charge in [0.25, 0.3) is 0 Å². The lowest BCUT2D eigenvalue weighted by molar-refractivity contribution is 0.144. The number of rotatable bonds is 8. The predicted octanol–water partition coefficient (Wildman–Crippen LogP) is 2.14. The van der Waals surface area contributed by atoms with Crippen LogP contribution >= 0.6 is 11.8 Å². The molecule has 0 aromatic rings. The summed E-state index contributed by atoms with van der Waals surface area (Å²) in [5.74, 6) is 0. The Morgan fingerprint density at radius 1 is 1.38 bits per heavy atom. The molecular weight excluding hydrogens is 182 g/mol. The third kappa shape index (κ3) is 8.60. The first-order chi connectivity index (χ1) is 6.12. The quantitative estimate of drug-likeness (QED) is 0.614. The highest BCUT2D eigenvalue weighted by atomic mass is 32.2. The second kappa shape index (κ2) is 7.65. The molecule has 0 saturated heterocycles. The highest BCUT2D eigenvalue weighted by Crippen LogP contribution is 2.19. The molecule has 0 unspecified atom stereocenters. The maximum Gasteiger partial charge on any atom is 0.0477 e. The van der Waals surface area contributed by atoms with Gasteiger partial charge in [-0.25, -0.2) is 0 Å². The Labute approximate surface area is 86.8 Å². The van der Waals surface area contributed by atoms with Gasteiger partial charge < -0.3 is 10.1 Å². The molecule has 3 heteroatoms. The van der Waals surface area contributed by atoms with Crippen molar-refractivity contribution >= 4 is 11.8 Å². The number of hydrogen-bond acceptors (Lipinski definition) is 3. The third-order valence-electron chi connectivity index (χ3n) is 1.95. The van der Waals surface area contributed by atoms with Crippen molar-refractivity contribution < 1.29 is 4.74 Å². The molecular formula is C10H23NOS. The van der Waals surface area contributed by atoms with Gasteiger partial charge in [-0.15, -0.1) is 0 Å². The minimum Gasteiger partial charge on any atom is -0.382 e. The minimum atomic E-state index is 0.353. The standard InChI is InChI=1S/C10H23NOS/c1-5-12-8-6-7-11-9-10(2,3)13-4/h11H,5-9H2,1-4H3. The summed E-state index contributed by atoms with van der Waals surface area (Å²) in [5, 5.41) is 3.43. The topological polar surface area (TPSA) is 21.3 Å². The van der Waals surface area contributed by atoms with Crippen molar-refractivity contribution in [1.82, 2.24) is 5.32 Å². The fraction of sp³-hybridized carbons (Fsp3) is 1.00. The van der Waals surface area contributed by atoms with E-state index in [9.17, 15) is 0 Å². The largest absolute Gasteiger partial charge is 0.382 e. The van der Waals surface area contributed by atoms with Crippen LogP contribution in [0.25, 0.3) is 0 Å². The van der Waals surface area contributed by atoms with Crippen molar-refractivity contribution in [3.63, 3.8) is 0 Å². The molecule has 2 nitrogen and oxygen atoms in total. The minimum absolute atomic E-state index is 0.353. The van der Waals surface area contributed by atoms with E-state index in [1.807, 2.05) is 18.7 Å². The van der Waals surface area contributed by atoms with E-state index in [0.717, 1.165) is 32.7 Å². The highest BCUT2D eigenvalue weighted by Gasteiger charge is 2.14. The van der Waals surface area contributed by atoms with Gasteiger partial charge in [-0.05, 0) is 40.0 Å². The maximum atomic E-state index is 5.25. The molecule has 0 spiro atoms. The summed E-state index contributed by atoms with van der Waals surface area (Å²) in [7, 11) is 0. The first-order valence-electron chi connectivity index (χ1n) is 4.96. The lowest BCUT2D eigenvalue weighted by atomic mass is 10.2. The molecule has 0 heterocycles. The normalized spacial score (nSPS) is 12.0. The number of nitrogens with one attached hydrogen (secondary N) is 1. The summed E-state index contributed by atoms with van der Waals surface area (Å²) in [5.41, 5.74) is 0. The van der Waals surface area contributed by atoms with Crippen LogP contribution in [0.4, 0.5) is 0 Å².